The molecule has 2 heterocycles. The van der Waals surface area contributed by atoms with Gasteiger partial charge in [-0.2, -0.15) is 0 Å². The van der Waals surface area contributed by atoms with Crippen LogP contribution in [0.1, 0.15) is 32.6 Å². The highest BCUT2D eigenvalue weighted by Crippen LogP contribution is 2.24. The van der Waals surface area contributed by atoms with Gasteiger partial charge in [0.1, 0.15) is 6.17 Å². The predicted molar refractivity (Wildman–Crippen MR) is 56.2 cm³/mol. The topological polar surface area (TPSA) is 15.3 Å². The first-order valence-electron chi connectivity index (χ1n) is 5.89. The van der Waals surface area contributed by atoms with Crippen molar-refractivity contribution in [3.8, 4) is 0 Å². The second-order valence-corrected chi connectivity index (χ2v) is 4.66. The Morgan fingerprint density at radius 3 is 2.86 bits per heavy atom. The Kier molecular flexibility index (Phi) is 3.39. The Morgan fingerprint density at radius 2 is 2.14 bits per heavy atom. The second-order valence-electron chi connectivity index (χ2n) is 4.66. The first-order valence-corrected chi connectivity index (χ1v) is 5.89. The average molecular weight is 200 g/mol. The number of piperidine rings is 2. The summed E-state index contributed by atoms with van der Waals surface area (Å²) >= 11 is 0. The van der Waals surface area contributed by atoms with Crippen LogP contribution < -0.4 is 5.32 Å². The van der Waals surface area contributed by atoms with Crippen LogP contribution in [0.15, 0.2) is 0 Å². The lowest BCUT2D eigenvalue weighted by atomic mass is 9.95. The fourth-order valence-corrected chi connectivity index (χ4v) is 2.79. The van der Waals surface area contributed by atoms with Crippen molar-refractivity contribution in [2.75, 3.05) is 19.6 Å². The van der Waals surface area contributed by atoms with E-state index in [0.29, 0.717) is 12.6 Å². The fourth-order valence-electron chi connectivity index (χ4n) is 2.79. The molecule has 2 aliphatic heterocycles. The van der Waals surface area contributed by atoms with Crippen molar-refractivity contribution in [3.05, 3.63) is 0 Å². The molecule has 2 rings (SSSR count). The first-order chi connectivity index (χ1) is 6.79. The highest BCUT2D eigenvalue weighted by molar-refractivity contribution is 4.89. The van der Waals surface area contributed by atoms with E-state index < -0.39 is 6.17 Å². The third-order valence-corrected chi connectivity index (χ3v) is 3.65. The van der Waals surface area contributed by atoms with Gasteiger partial charge in [-0.3, -0.25) is 4.90 Å². The van der Waals surface area contributed by atoms with E-state index in [4.69, 9.17) is 0 Å². The zero-order valence-electron chi connectivity index (χ0n) is 9.01. The number of hydrogen-bond donors (Lipinski definition) is 1. The van der Waals surface area contributed by atoms with Crippen molar-refractivity contribution >= 4 is 0 Å². The van der Waals surface area contributed by atoms with Gasteiger partial charge in [-0.1, -0.05) is 6.42 Å². The highest BCUT2D eigenvalue weighted by atomic mass is 19.1. The summed E-state index contributed by atoms with van der Waals surface area (Å²) in [7, 11) is 0. The molecule has 0 aliphatic carbocycles. The minimum atomic E-state index is -0.663. The van der Waals surface area contributed by atoms with Crippen LogP contribution in [-0.2, 0) is 0 Å². The molecule has 3 heteroatoms. The number of nitrogens with one attached hydrogen (secondary N) is 1. The summed E-state index contributed by atoms with van der Waals surface area (Å²) < 4.78 is 13.7. The van der Waals surface area contributed by atoms with E-state index in [-0.39, 0.29) is 6.04 Å². The average Bonchev–Trinajstić information content (AvgIpc) is 2.20. The van der Waals surface area contributed by atoms with Gasteiger partial charge >= 0.3 is 0 Å². The van der Waals surface area contributed by atoms with Gasteiger partial charge in [0.25, 0.3) is 0 Å². The maximum absolute atomic E-state index is 13.7. The molecule has 82 valence electrons. The number of nitrogens with zero attached hydrogens (tertiary/aromatic N) is 1. The lowest BCUT2D eigenvalue weighted by molar-refractivity contribution is 0.0358. The van der Waals surface area contributed by atoms with Gasteiger partial charge in [-0.25, -0.2) is 4.39 Å². The molecule has 2 nitrogen and oxygen atoms in total. The summed E-state index contributed by atoms with van der Waals surface area (Å²) in [4.78, 5) is 2.40. The minimum absolute atomic E-state index is 0.187. The molecule has 0 aromatic carbocycles. The molecule has 14 heavy (non-hydrogen) atoms. The third-order valence-electron chi connectivity index (χ3n) is 3.65. The molecule has 1 N–H and O–H groups in total. The van der Waals surface area contributed by atoms with E-state index in [2.05, 4.69) is 17.1 Å². The van der Waals surface area contributed by atoms with Crippen molar-refractivity contribution in [1.82, 2.24) is 10.2 Å². The van der Waals surface area contributed by atoms with Gasteiger partial charge in [-0.15, -0.1) is 0 Å². The van der Waals surface area contributed by atoms with Crippen molar-refractivity contribution in [2.24, 2.45) is 0 Å². The SMILES string of the molecule is CC1CCCCN1C1CCNCC1F. The summed E-state index contributed by atoms with van der Waals surface area (Å²) in [5, 5.41) is 3.12. The van der Waals surface area contributed by atoms with Crippen LogP contribution in [0, 0.1) is 0 Å². The lowest BCUT2D eigenvalue weighted by Gasteiger charge is -2.42. The number of likely N-dealkylation sites (tertiary alicyclic amines) is 1. The number of hydrogen-bond acceptors (Lipinski definition) is 2. The van der Waals surface area contributed by atoms with Crippen molar-refractivity contribution in [1.29, 1.82) is 0 Å². The lowest BCUT2D eigenvalue weighted by Crippen LogP contribution is -2.55. The van der Waals surface area contributed by atoms with Gasteiger partial charge in [-0.05, 0) is 39.3 Å². The Balaban J connectivity index is 1.96. The van der Waals surface area contributed by atoms with Crippen molar-refractivity contribution < 1.29 is 4.39 Å². The molecular weight excluding hydrogens is 179 g/mol. The van der Waals surface area contributed by atoms with Gasteiger partial charge in [0.05, 0.1) is 0 Å². The highest BCUT2D eigenvalue weighted by Gasteiger charge is 2.33. The monoisotopic (exact) mass is 200 g/mol. The number of rotatable bonds is 1. The molecule has 0 spiro atoms. The van der Waals surface area contributed by atoms with Gasteiger partial charge < -0.3 is 5.32 Å². The van der Waals surface area contributed by atoms with Crippen LogP contribution in [0.3, 0.4) is 0 Å². The summed E-state index contributed by atoms with van der Waals surface area (Å²) in [6.07, 6.45) is 4.13. The smallest absolute Gasteiger partial charge is 0.128 e. The summed E-state index contributed by atoms with van der Waals surface area (Å²) in [6.45, 7) is 4.88. The maximum atomic E-state index is 13.7. The number of alkyl halides is 1. The minimum Gasteiger partial charge on any atom is -0.314 e. The molecular formula is C11H21FN2. The molecule has 2 fully saturated rings. The Bertz CT molecular complexity index is 166. The van der Waals surface area contributed by atoms with Crippen LogP contribution in [0.25, 0.3) is 0 Å². The zero-order chi connectivity index (χ0) is 9.97. The summed E-state index contributed by atoms with van der Waals surface area (Å²) in [5.74, 6) is 0. The molecule has 0 radical (unpaired) electrons. The van der Waals surface area contributed by atoms with Gasteiger partial charge in [0.15, 0.2) is 0 Å². The standard InChI is InChI=1S/C11H21FN2/c1-9-4-2-3-7-14(9)11-5-6-13-8-10(11)12/h9-11,13H,2-8H2,1H3. The van der Waals surface area contributed by atoms with Crippen LogP contribution >= 0.6 is 0 Å². The molecule has 3 unspecified atom stereocenters. The van der Waals surface area contributed by atoms with Crippen LogP contribution in [0.5, 0.6) is 0 Å². The second kappa shape index (κ2) is 4.58. The molecule has 3 atom stereocenters. The van der Waals surface area contributed by atoms with E-state index in [0.717, 1.165) is 19.5 Å². The van der Waals surface area contributed by atoms with Crippen molar-refractivity contribution in [3.63, 3.8) is 0 Å². The molecule has 0 bridgehead atoms. The van der Waals surface area contributed by atoms with E-state index in [1.807, 2.05) is 0 Å². The maximum Gasteiger partial charge on any atom is 0.128 e. The van der Waals surface area contributed by atoms with Gasteiger partial charge in [0.2, 0.25) is 0 Å². The van der Waals surface area contributed by atoms with Crippen molar-refractivity contribution in [2.45, 2.75) is 50.9 Å². The quantitative estimate of drug-likeness (QED) is 0.691. The molecule has 2 aliphatic rings. The summed E-state index contributed by atoms with van der Waals surface area (Å²) in [6, 6.07) is 0.775. The predicted octanol–water partition coefficient (Wildman–Crippen LogP) is 1.56. The van der Waals surface area contributed by atoms with E-state index >= 15 is 0 Å². The summed E-state index contributed by atoms with van der Waals surface area (Å²) in [5.41, 5.74) is 0. The first kappa shape index (κ1) is 10.4. The Labute approximate surface area is 85.9 Å². The van der Waals surface area contributed by atoms with Crippen LogP contribution in [0.2, 0.25) is 0 Å². The molecule has 0 amide bonds. The Hall–Kier alpha value is -0.150. The molecule has 0 saturated carbocycles. The molecule has 0 aromatic rings. The van der Waals surface area contributed by atoms with Gasteiger partial charge in [0, 0.05) is 18.6 Å². The van der Waals surface area contributed by atoms with Crippen LogP contribution in [-0.4, -0.2) is 42.8 Å². The van der Waals surface area contributed by atoms with E-state index in [1.165, 1.54) is 19.3 Å². The fraction of sp³-hybridized carbons (Fsp3) is 1.00. The number of halogens is 1. The Morgan fingerprint density at radius 1 is 1.29 bits per heavy atom. The van der Waals surface area contributed by atoms with Crippen LogP contribution in [0.4, 0.5) is 4.39 Å². The zero-order valence-corrected chi connectivity index (χ0v) is 9.01. The van der Waals surface area contributed by atoms with E-state index in [9.17, 15) is 4.39 Å². The third kappa shape index (κ3) is 2.09. The molecule has 0 aromatic heterocycles. The largest absolute Gasteiger partial charge is 0.314 e. The molecule has 2 saturated heterocycles. The van der Waals surface area contributed by atoms with E-state index in [1.54, 1.807) is 0 Å². The normalized spacial score (nSPS) is 41.1.